The smallest absolute Gasteiger partial charge is 0.181 e. The molecule has 0 fully saturated rings. The maximum absolute atomic E-state index is 5.57. The number of benzene rings is 1. The lowest BCUT2D eigenvalue weighted by Gasteiger charge is -2.04. The number of halogens is 1. The first kappa shape index (κ1) is 16.7. The summed E-state index contributed by atoms with van der Waals surface area (Å²) in [5.41, 5.74) is 3.24. The van der Waals surface area contributed by atoms with Crippen LogP contribution in [0.4, 0.5) is 0 Å². The second kappa shape index (κ2) is 6.77. The Hall–Kier alpha value is -2.14. The highest BCUT2D eigenvalue weighted by atomic mass is 79.9. The second-order valence-corrected chi connectivity index (χ2v) is 6.81. The molecule has 24 heavy (non-hydrogen) atoms. The van der Waals surface area contributed by atoms with Gasteiger partial charge in [0, 0.05) is 11.6 Å². The zero-order chi connectivity index (χ0) is 17.3. The third kappa shape index (κ3) is 3.22. The summed E-state index contributed by atoms with van der Waals surface area (Å²) in [5, 5.41) is 4.65. The van der Waals surface area contributed by atoms with Crippen LogP contribution in [0.5, 0.6) is 0 Å². The van der Waals surface area contributed by atoms with Gasteiger partial charge in [-0.25, -0.2) is 9.67 Å². The van der Waals surface area contributed by atoms with E-state index in [-0.39, 0.29) is 0 Å². The Balaban J connectivity index is 2.05. The number of nitrogens with zero attached hydrogens (tertiary/aromatic N) is 3. The molecule has 0 atom stereocenters. The van der Waals surface area contributed by atoms with Gasteiger partial charge in [-0.15, -0.1) is 6.58 Å². The SMILES string of the molecule is C=CCn1nc(-c2ccc(C(C)C)cc2)nc1-c1cc(Br)oc1C. The van der Waals surface area contributed by atoms with Gasteiger partial charge in [0.05, 0.1) is 12.1 Å². The molecule has 0 unspecified atom stereocenters. The van der Waals surface area contributed by atoms with E-state index in [1.54, 1.807) is 0 Å². The molecule has 124 valence electrons. The normalized spacial score (nSPS) is 11.2. The molecule has 0 spiro atoms. The van der Waals surface area contributed by atoms with Crippen molar-refractivity contribution >= 4 is 15.9 Å². The highest BCUT2D eigenvalue weighted by Crippen LogP contribution is 2.30. The predicted molar refractivity (Wildman–Crippen MR) is 99.9 cm³/mol. The fourth-order valence-corrected chi connectivity index (χ4v) is 3.07. The molecule has 3 aromatic rings. The molecular formula is C19H20BrN3O. The summed E-state index contributed by atoms with van der Waals surface area (Å²) in [6, 6.07) is 10.3. The minimum atomic E-state index is 0.506. The second-order valence-electron chi connectivity index (χ2n) is 6.03. The Morgan fingerprint density at radius 2 is 2.00 bits per heavy atom. The minimum Gasteiger partial charge on any atom is -0.454 e. The van der Waals surface area contributed by atoms with Crippen molar-refractivity contribution in [2.24, 2.45) is 0 Å². The van der Waals surface area contributed by atoms with E-state index in [2.05, 4.69) is 65.7 Å². The maximum atomic E-state index is 5.57. The monoisotopic (exact) mass is 385 g/mol. The summed E-state index contributed by atoms with van der Waals surface area (Å²) >= 11 is 3.37. The topological polar surface area (TPSA) is 43.9 Å². The average Bonchev–Trinajstić information content (AvgIpc) is 3.10. The van der Waals surface area contributed by atoms with Crippen molar-refractivity contribution < 1.29 is 4.42 Å². The van der Waals surface area contributed by atoms with Crippen LogP contribution in [0.2, 0.25) is 0 Å². The van der Waals surface area contributed by atoms with E-state index in [4.69, 9.17) is 9.40 Å². The molecule has 0 aliphatic heterocycles. The van der Waals surface area contributed by atoms with E-state index in [1.165, 1.54) is 5.56 Å². The molecule has 2 aromatic heterocycles. The van der Waals surface area contributed by atoms with Crippen LogP contribution < -0.4 is 0 Å². The maximum Gasteiger partial charge on any atom is 0.181 e. The van der Waals surface area contributed by atoms with Crippen LogP contribution in [-0.2, 0) is 6.54 Å². The standard InChI is InChI=1S/C19H20BrN3O/c1-5-10-23-19(16-11-17(20)24-13(16)4)21-18(22-23)15-8-6-14(7-9-15)12(2)3/h5-9,11-12H,1,10H2,2-4H3. The van der Waals surface area contributed by atoms with Gasteiger partial charge in [0.1, 0.15) is 5.76 Å². The Morgan fingerprint density at radius 1 is 1.29 bits per heavy atom. The highest BCUT2D eigenvalue weighted by Gasteiger charge is 2.17. The van der Waals surface area contributed by atoms with Gasteiger partial charge in [-0.05, 0) is 34.3 Å². The van der Waals surface area contributed by atoms with Crippen LogP contribution in [0, 0.1) is 6.92 Å². The number of aryl methyl sites for hydroxylation is 1. The van der Waals surface area contributed by atoms with Gasteiger partial charge >= 0.3 is 0 Å². The van der Waals surface area contributed by atoms with Crippen molar-refractivity contribution in [2.45, 2.75) is 33.2 Å². The molecule has 0 aliphatic carbocycles. The summed E-state index contributed by atoms with van der Waals surface area (Å²) in [6.45, 7) is 10.7. The molecule has 0 N–H and O–H groups in total. The Bertz CT molecular complexity index is 859. The van der Waals surface area contributed by atoms with E-state index in [0.29, 0.717) is 23.0 Å². The first-order valence-electron chi connectivity index (χ1n) is 7.92. The molecule has 0 bridgehead atoms. The number of hydrogen-bond acceptors (Lipinski definition) is 3. The number of hydrogen-bond donors (Lipinski definition) is 0. The van der Waals surface area contributed by atoms with Crippen molar-refractivity contribution in [3.8, 4) is 22.8 Å². The average molecular weight is 386 g/mol. The van der Waals surface area contributed by atoms with Gasteiger partial charge in [0.25, 0.3) is 0 Å². The fourth-order valence-electron chi connectivity index (χ4n) is 2.60. The lowest BCUT2D eigenvalue weighted by Crippen LogP contribution is -2.00. The first-order valence-corrected chi connectivity index (χ1v) is 8.71. The molecule has 2 heterocycles. The predicted octanol–water partition coefficient (Wildman–Crippen LogP) is 5.59. The van der Waals surface area contributed by atoms with Crippen molar-refractivity contribution in [2.75, 3.05) is 0 Å². The molecule has 3 rings (SSSR count). The summed E-state index contributed by atoms with van der Waals surface area (Å²) in [7, 11) is 0. The highest BCUT2D eigenvalue weighted by molar-refractivity contribution is 9.10. The number of allylic oxidation sites excluding steroid dienone is 1. The molecule has 5 heteroatoms. The lowest BCUT2D eigenvalue weighted by atomic mass is 10.0. The van der Waals surface area contributed by atoms with E-state index in [1.807, 2.05) is 23.7 Å². The first-order chi connectivity index (χ1) is 11.5. The number of aromatic nitrogens is 3. The van der Waals surface area contributed by atoms with Gasteiger partial charge in [0.2, 0.25) is 0 Å². The van der Waals surface area contributed by atoms with Crippen LogP contribution >= 0.6 is 15.9 Å². The number of rotatable bonds is 5. The summed E-state index contributed by atoms with van der Waals surface area (Å²) in [4.78, 5) is 4.74. The Kier molecular flexibility index (Phi) is 4.71. The van der Waals surface area contributed by atoms with E-state index in [9.17, 15) is 0 Å². The molecular weight excluding hydrogens is 366 g/mol. The zero-order valence-corrected chi connectivity index (χ0v) is 15.7. The molecule has 0 amide bonds. The Morgan fingerprint density at radius 3 is 2.54 bits per heavy atom. The van der Waals surface area contributed by atoms with Gasteiger partial charge in [-0.2, -0.15) is 5.10 Å². The molecule has 0 saturated heterocycles. The largest absolute Gasteiger partial charge is 0.454 e. The van der Waals surface area contributed by atoms with Crippen molar-refractivity contribution in [1.82, 2.24) is 14.8 Å². The summed E-state index contributed by atoms with van der Waals surface area (Å²) in [6.07, 6.45) is 1.81. The molecule has 0 radical (unpaired) electrons. The van der Waals surface area contributed by atoms with Crippen molar-refractivity contribution in [3.63, 3.8) is 0 Å². The summed E-state index contributed by atoms with van der Waals surface area (Å²) < 4.78 is 8.11. The van der Waals surface area contributed by atoms with Gasteiger partial charge < -0.3 is 4.42 Å². The van der Waals surface area contributed by atoms with Crippen LogP contribution in [-0.4, -0.2) is 14.8 Å². The van der Waals surface area contributed by atoms with Crippen LogP contribution in [0.1, 0.15) is 31.1 Å². The van der Waals surface area contributed by atoms with Crippen molar-refractivity contribution in [3.05, 3.63) is 59.0 Å². The number of furan rings is 1. The van der Waals surface area contributed by atoms with Gasteiger partial charge in [0.15, 0.2) is 16.3 Å². The third-order valence-corrected chi connectivity index (χ3v) is 4.33. The van der Waals surface area contributed by atoms with Gasteiger partial charge in [-0.1, -0.05) is 44.2 Å². The molecule has 1 aromatic carbocycles. The van der Waals surface area contributed by atoms with Gasteiger partial charge in [-0.3, -0.25) is 0 Å². The quantitative estimate of drug-likeness (QED) is 0.537. The van der Waals surface area contributed by atoms with E-state index in [0.717, 1.165) is 22.7 Å². The molecule has 4 nitrogen and oxygen atoms in total. The Labute approximate surface area is 150 Å². The lowest BCUT2D eigenvalue weighted by molar-refractivity contribution is 0.510. The van der Waals surface area contributed by atoms with Crippen molar-refractivity contribution in [1.29, 1.82) is 0 Å². The van der Waals surface area contributed by atoms with E-state index < -0.39 is 0 Å². The van der Waals surface area contributed by atoms with Crippen LogP contribution in [0.3, 0.4) is 0 Å². The van der Waals surface area contributed by atoms with Crippen LogP contribution in [0.15, 0.2) is 52.1 Å². The zero-order valence-electron chi connectivity index (χ0n) is 14.1. The fraction of sp³-hybridized carbons (Fsp3) is 0.263. The van der Waals surface area contributed by atoms with Crippen LogP contribution in [0.25, 0.3) is 22.8 Å². The summed E-state index contributed by atoms with van der Waals surface area (Å²) in [5.74, 6) is 2.80. The van der Waals surface area contributed by atoms with E-state index >= 15 is 0 Å². The molecule has 0 aliphatic rings. The minimum absolute atomic E-state index is 0.506. The molecule has 0 saturated carbocycles. The third-order valence-electron chi connectivity index (χ3n) is 3.94.